The minimum Gasteiger partial charge on any atom is -0.321 e. The molecule has 32 heavy (non-hydrogen) atoms. The fraction of sp³-hybridized carbons (Fsp3) is 0.238. The Labute approximate surface area is 184 Å². The highest BCUT2D eigenvalue weighted by Crippen LogP contribution is 2.41. The maximum atomic E-state index is 13.6. The maximum absolute atomic E-state index is 13.6. The van der Waals surface area contributed by atoms with Crippen LogP contribution >= 0.6 is 11.6 Å². The predicted molar refractivity (Wildman–Crippen MR) is 111 cm³/mol. The Morgan fingerprint density at radius 3 is 2.72 bits per heavy atom. The lowest BCUT2D eigenvalue weighted by molar-refractivity contribution is -0.142. The number of nitrogens with zero attached hydrogens (tertiary/aromatic N) is 5. The van der Waals surface area contributed by atoms with E-state index >= 15 is 0 Å². The van der Waals surface area contributed by atoms with Gasteiger partial charge in [-0.15, -0.1) is 0 Å². The summed E-state index contributed by atoms with van der Waals surface area (Å²) in [6, 6.07) is 9.32. The summed E-state index contributed by atoms with van der Waals surface area (Å²) >= 11 is 5.87. The summed E-state index contributed by atoms with van der Waals surface area (Å²) in [5.41, 5.74) is 0.612. The van der Waals surface area contributed by atoms with E-state index in [9.17, 15) is 18.0 Å². The topological polar surface area (TPSA) is 77.1 Å². The van der Waals surface area contributed by atoms with Crippen molar-refractivity contribution in [3.8, 4) is 0 Å². The van der Waals surface area contributed by atoms with E-state index < -0.39 is 17.8 Å². The Bertz CT molecular complexity index is 1320. The Hall–Kier alpha value is -3.40. The average molecular weight is 461 g/mol. The van der Waals surface area contributed by atoms with E-state index in [-0.39, 0.29) is 17.3 Å². The number of nitrogens with one attached hydrogen (secondary N) is 1. The molecule has 0 spiro atoms. The number of alkyl halides is 3. The Morgan fingerprint density at radius 2 is 2.03 bits per heavy atom. The highest BCUT2D eigenvalue weighted by atomic mass is 35.5. The zero-order valence-corrected chi connectivity index (χ0v) is 17.2. The molecule has 1 N–H and O–H groups in total. The van der Waals surface area contributed by atoms with Crippen molar-refractivity contribution in [1.82, 2.24) is 24.4 Å². The van der Waals surface area contributed by atoms with Crippen LogP contribution in [0, 0.1) is 0 Å². The van der Waals surface area contributed by atoms with Crippen molar-refractivity contribution in [2.24, 2.45) is 0 Å². The van der Waals surface area contributed by atoms with Crippen LogP contribution in [0.2, 0.25) is 5.02 Å². The predicted octanol–water partition coefficient (Wildman–Crippen LogP) is 4.78. The third-order valence-corrected chi connectivity index (χ3v) is 5.29. The van der Waals surface area contributed by atoms with Gasteiger partial charge in [0.1, 0.15) is 5.69 Å². The quantitative estimate of drug-likeness (QED) is 0.465. The maximum Gasteiger partial charge on any atom is 0.433 e. The van der Waals surface area contributed by atoms with Crippen molar-refractivity contribution in [2.45, 2.75) is 31.5 Å². The van der Waals surface area contributed by atoms with Gasteiger partial charge in [0.15, 0.2) is 11.3 Å². The first-order valence-electron chi connectivity index (χ1n) is 9.82. The summed E-state index contributed by atoms with van der Waals surface area (Å²) in [4.78, 5) is 17.0. The summed E-state index contributed by atoms with van der Waals surface area (Å²) in [7, 11) is 0. The number of benzene rings is 1. The molecule has 0 unspecified atom stereocenters. The smallest absolute Gasteiger partial charge is 0.321 e. The minimum atomic E-state index is -4.62. The van der Waals surface area contributed by atoms with E-state index in [1.54, 1.807) is 29.1 Å². The van der Waals surface area contributed by atoms with Gasteiger partial charge in [0.05, 0.1) is 17.8 Å². The fourth-order valence-electron chi connectivity index (χ4n) is 3.45. The van der Waals surface area contributed by atoms with Gasteiger partial charge in [0, 0.05) is 29.6 Å². The van der Waals surface area contributed by atoms with Crippen LogP contribution in [0.3, 0.4) is 0 Å². The number of carbonyl (C=O) groups excluding carboxylic acids is 1. The summed E-state index contributed by atoms with van der Waals surface area (Å²) in [6.45, 7) is 0.438. The van der Waals surface area contributed by atoms with Crippen molar-refractivity contribution in [1.29, 1.82) is 0 Å². The van der Waals surface area contributed by atoms with Gasteiger partial charge in [-0.1, -0.05) is 23.7 Å². The molecule has 1 aromatic carbocycles. The zero-order chi connectivity index (χ0) is 22.5. The average Bonchev–Trinajstić information content (AvgIpc) is 3.36. The van der Waals surface area contributed by atoms with Crippen LogP contribution in [0.15, 0.2) is 48.8 Å². The zero-order valence-electron chi connectivity index (χ0n) is 16.5. The normalized spacial score (nSPS) is 14.1. The third kappa shape index (κ3) is 4.18. The number of carbonyl (C=O) groups is 1. The summed E-state index contributed by atoms with van der Waals surface area (Å²) in [5.74, 6) is -0.600. The standard InChI is InChI=1S/C21H16ClF3N6O/c22-14-9-26-30(11-14)10-12-2-1-3-15(6-12)27-20(32)17-8-19-28-16(13-4-5-13)7-18(21(23,24)25)31(19)29-17/h1-3,6-9,11,13H,4-5,10H2,(H,27,32). The summed E-state index contributed by atoms with van der Waals surface area (Å²) in [5, 5.41) is 11.2. The van der Waals surface area contributed by atoms with Crippen LogP contribution < -0.4 is 5.32 Å². The van der Waals surface area contributed by atoms with Crippen molar-refractivity contribution in [3.63, 3.8) is 0 Å². The first-order chi connectivity index (χ1) is 15.3. The first kappa shape index (κ1) is 20.5. The van der Waals surface area contributed by atoms with Gasteiger partial charge < -0.3 is 5.32 Å². The Morgan fingerprint density at radius 1 is 1.22 bits per heavy atom. The van der Waals surface area contributed by atoms with Crippen molar-refractivity contribution >= 4 is 28.8 Å². The first-order valence-corrected chi connectivity index (χ1v) is 10.2. The van der Waals surface area contributed by atoms with E-state index in [1.807, 2.05) is 6.07 Å². The molecule has 4 aromatic rings. The van der Waals surface area contributed by atoms with Gasteiger partial charge in [0.25, 0.3) is 5.91 Å². The third-order valence-electron chi connectivity index (χ3n) is 5.10. The second-order valence-corrected chi connectivity index (χ2v) is 8.08. The highest BCUT2D eigenvalue weighted by Gasteiger charge is 2.37. The monoisotopic (exact) mass is 460 g/mol. The number of amides is 1. The molecule has 0 saturated heterocycles. The molecule has 5 rings (SSSR count). The lowest BCUT2D eigenvalue weighted by Crippen LogP contribution is -2.16. The van der Waals surface area contributed by atoms with Gasteiger partial charge in [-0.25, -0.2) is 9.50 Å². The fourth-order valence-corrected chi connectivity index (χ4v) is 3.61. The molecule has 0 atom stereocenters. The molecule has 1 fully saturated rings. The largest absolute Gasteiger partial charge is 0.433 e. The second-order valence-electron chi connectivity index (χ2n) is 7.65. The molecule has 1 aliphatic carbocycles. The number of rotatable bonds is 5. The molecule has 1 aliphatic rings. The van der Waals surface area contributed by atoms with E-state index in [2.05, 4.69) is 20.5 Å². The van der Waals surface area contributed by atoms with Gasteiger partial charge in [-0.3, -0.25) is 9.48 Å². The Balaban J connectivity index is 1.41. The van der Waals surface area contributed by atoms with Crippen molar-refractivity contribution < 1.29 is 18.0 Å². The molecule has 1 amide bonds. The highest BCUT2D eigenvalue weighted by molar-refractivity contribution is 6.30. The Kier molecular flexibility index (Phi) is 4.89. The molecule has 3 heterocycles. The summed E-state index contributed by atoms with van der Waals surface area (Å²) in [6.07, 6.45) is 0.194. The number of anilines is 1. The van der Waals surface area contributed by atoms with E-state index in [0.29, 0.717) is 27.5 Å². The molecule has 11 heteroatoms. The van der Waals surface area contributed by atoms with Crippen molar-refractivity contribution in [2.75, 3.05) is 5.32 Å². The van der Waals surface area contributed by atoms with Gasteiger partial charge in [-0.05, 0) is 36.6 Å². The lowest BCUT2D eigenvalue weighted by Gasteiger charge is -2.10. The van der Waals surface area contributed by atoms with Crippen molar-refractivity contribution in [3.05, 3.63) is 76.5 Å². The van der Waals surface area contributed by atoms with Crippen LogP contribution in [0.1, 0.15) is 46.2 Å². The molecule has 0 bridgehead atoms. The number of hydrogen-bond donors (Lipinski definition) is 1. The molecule has 7 nitrogen and oxygen atoms in total. The van der Waals surface area contributed by atoms with Gasteiger partial charge >= 0.3 is 6.18 Å². The SMILES string of the molecule is O=C(Nc1cccc(Cn2cc(Cl)cn2)c1)c1cc2nc(C3CC3)cc(C(F)(F)F)n2n1. The van der Waals surface area contributed by atoms with Crippen LogP contribution in [0.25, 0.3) is 5.65 Å². The van der Waals surface area contributed by atoms with Crippen LogP contribution in [-0.2, 0) is 12.7 Å². The molecule has 1 saturated carbocycles. The number of hydrogen-bond acceptors (Lipinski definition) is 4. The summed E-state index contributed by atoms with van der Waals surface area (Å²) < 4.78 is 43.0. The van der Waals surface area contributed by atoms with Crippen LogP contribution in [0.5, 0.6) is 0 Å². The second kappa shape index (κ2) is 7.63. The van der Waals surface area contributed by atoms with E-state index in [4.69, 9.17) is 11.6 Å². The molecule has 3 aromatic heterocycles. The molecule has 164 valence electrons. The number of halogens is 4. The van der Waals surface area contributed by atoms with Crippen LogP contribution in [0.4, 0.5) is 18.9 Å². The van der Waals surface area contributed by atoms with E-state index in [0.717, 1.165) is 24.5 Å². The van der Waals surface area contributed by atoms with Gasteiger partial charge in [0.2, 0.25) is 0 Å². The lowest BCUT2D eigenvalue weighted by atomic mass is 10.2. The number of aromatic nitrogens is 5. The van der Waals surface area contributed by atoms with Gasteiger partial charge in [-0.2, -0.15) is 23.4 Å². The molecular formula is C21H16ClF3N6O. The molecular weight excluding hydrogens is 445 g/mol. The van der Waals surface area contributed by atoms with E-state index in [1.165, 1.54) is 12.3 Å². The van der Waals surface area contributed by atoms with Crippen LogP contribution in [-0.4, -0.2) is 30.3 Å². The minimum absolute atomic E-state index is 0.00353. The number of fused-ring (bicyclic) bond motifs is 1. The molecule has 0 radical (unpaired) electrons. The molecule has 0 aliphatic heterocycles.